The molecule has 2 N–H and O–H groups in total. The molecule has 1 aliphatic rings. The molecule has 1 saturated heterocycles. The van der Waals surface area contributed by atoms with Gasteiger partial charge in [-0.05, 0) is 0 Å². The van der Waals surface area contributed by atoms with Crippen molar-refractivity contribution in [2.45, 2.75) is 12.2 Å². The molecule has 0 spiro atoms. The van der Waals surface area contributed by atoms with Crippen LogP contribution in [0.5, 0.6) is 0 Å². The molecular formula is C6H12O4. The molecule has 1 rings (SSSR count). The van der Waals surface area contributed by atoms with Crippen LogP contribution in [0.2, 0.25) is 0 Å². The maximum absolute atomic E-state index is 9.08. The van der Waals surface area contributed by atoms with Crippen molar-refractivity contribution < 1.29 is 19.7 Å². The summed E-state index contributed by atoms with van der Waals surface area (Å²) in [5.74, 6) is 0. The van der Waals surface area contributed by atoms with Crippen LogP contribution < -0.4 is 0 Å². The summed E-state index contributed by atoms with van der Waals surface area (Å²) < 4.78 is 9.95. The Bertz CT molecular complexity index is 95.7. The van der Waals surface area contributed by atoms with Gasteiger partial charge >= 0.3 is 0 Å². The Morgan fingerprint density at radius 1 is 1.50 bits per heavy atom. The molecule has 0 aromatic rings. The minimum Gasteiger partial charge on any atom is -0.394 e. The average Bonchev–Trinajstić information content (AvgIpc) is 2.31. The van der Waals surface area contributed by atoms with Gasteiger partial charge in [0.25, 0.3) is 0 Å². The lowest BCUT2D eigenvalue weighted by atomic mass is 10.3. The Morgan fingerprint density at radius 3 is 2.80 bits per heavy atom. The molecule has 0 aromatic heterocycles. The van der Waals surface area contributed by atoms with Crippen LogP contribution in [0.15, 0.2) is 0 Å². The first-order chi connectivity index (χ1) is 4.84. The standard InChI is InChI=1S/C6H12O4/c7-1-2-10-6-4-9-3-5(6)8/h5-8H,1-4H2/t5-,6?/m0/s1. The van der Waals surface area contributed by atoms with E-state index in [0.717, 1.165) is 0 Å². The Balaban J connectivity index is 2.14. The Hall–Kier alpha value is -0.160. The van der Waals surface area contributed by atoms with E-state index in [-0.39, 0.29) is 19.3 Å². The van der Waals surface area contributed by atoms with Crippen LogP contribution in [-0.4, -0.2) is 48.8 Å². The monoisotopic (exact) mass is 148 g/mol. The third-order valence-electron chi connectivity index (χ3n) is 1.42. The van der Waals surface area contributed by atoms with Gasteiger partial charge in [-0.2, -0.15) is 0 Å². The molecule has 1 aliphatic heterocycles. The van der Waals surface area contributed by atoms with Gasteiger partial charge in [-0.3, -0.25) is 0 Å². The molecule has 60 valence electrons. The van der Waals surface area contributed by atoms with E-state index in [2.05, 4.69) is 0 Å². The zero-order valence-corrected chi connectivity index (χ0v) is 5.69. The molecule has 1 unspecified atom stereocenters. The van der Waals surface area contributed by atoms with Crippen LogP contribution in [-0.2, 0) is 9.47 Å². The lowest BCUT2D eigenvalue weighted by Gasteiger charge is -2.11. The topological polar surface area (TPSA) is 58.9 Å². The first kappa shape index (κ1) is 7.94. The van der Waals surface area contributed by atoms with E-state index in [4.69, 9.17) is 19.7 Å². The fourth-order valence-corrected chi connectivity index (χ4v) is 0.887. The first-order valence-electron chi connectivity index (χ1n) is 3.33. The van der Waals surface area contributed by atoms with Gasteiger partial charge in [-0.15, -0.1) is 0 Å². The van der Waals surface area contributed by atoms with Crippen molar-refractivity contribution in [2.75, 3.05) is 26.4 Å². The van der Waals surface area contributed by atoms with Gasteiger partial charge in [0.1, 0.15) is 12.2 Å². The fourth-order valence-electron chi connectivity index (χ4n) is 0.887. The van der Waals surface area contributed by atoms with Crippen LogP contribution in [0.3, 0.4) is 0 Å². The second-order valence-electron chi connectivity index (χ2n) is 2.24. The van der Waals surface area contributed by atoms with E-state index < -0.39 is 6.10 Å². The van der Waals surface area contributed by atoms with Crippen LogP contribution in [0.25, 0.3) is 0 Å². The highest BCUT2D eigenvalue weighted by Crippen LogP contribution is 2.08. The average molecular weight is 148 g/mol. The van der Waals surface area contributed by atoms with E-state index in [1.807, 2.05) is 0 Å². The Kier molecular flexibility index (Phi) is 3.08. The Morgan fingerprint density at radius 2 is 2.30 bits per heavy atom. The Labute approximate surface area is 59.4 Å². The molecule has 0 amide bonds. The van der Waals surface area contributed by atoms with Gasteiger partial charge < -0.3 is 19.7 Å². The molecule has 4 heteroatoms. The summed E-state index contributed by atoms with van der Waals surface area (Å²) in [5, 5.41) is 17.4. The molecular weight excluding hydrogens is 136 g/mol. The number of hydrogen-bond acceptors (Lipinski definition) is 4. The number of rotatable bonds is 3. The van der Waals surface area contributed by atoms with E-state index >= 15 is 0 Å². The van der Waals surface area contributed by atoms with Crippen LogP contribution in [0, 0.1) is 0 Å². The van der Waals surface area contributed by atoms with E-state index in [1.54, 1.807) is 0 Å². The molecule has 4 nitrogen and oxygen atoms in total. The highest BCUT2D eigenvalue weighted by molar-refractivity contribution is 4.73. The molecule has 2 atom stereocenters. The maximum atomic E-state index is 9.08. The largest absolute Gasteiger partial charge is 0.394 e. The molecule has 10 heavy (non-hydrogen) atoms. The lowest BCUT2D eigenvalue weighted by Crippen LogP contribution is -2.27. The molecule has 1 fully saturated rings. The lowest BCUT2D eigenvalue weighted by molar-refractivity contribution is -0.0224. The molecule has 0 aliphatic carbocycles. The summed E-state index contributed by atoms with van der Waals surface area (Å²) >= 11 is 0. The summed E-state index contributed by atoms with van der Waals surface area (Å²) in [6.45, 7) is 1.03. The fraction of sp³-hybridized carbons (Fsp3) is 1.00. The van der Waals surface area contributed by atoms with Gasteiger partial charge in [-0.1, -0.05) is 0 Å². The van der Waals surface area contributed by atoms with Crippen molar-refractivity contribution in [2.24, 2.45) is 0 Å². The normalized spacial score (nSPS) is 33.0. The van der Waals surface area contributed by atoms with Crippen molar-refractivity contribution in [1.29, 1.82) is 0 Å². The molecule has 0 aromatic carbocycles. The minimum atomic E-state index is -0.522. The van der Waals surface area contributed by atoms with Gasteiger partial charge in [0, 0.05) is 0 Å². The second kappa shape index (κ2) is 3.88. The van der Waals surface area contributed by atoms with Crippen LogP contribution >= 0.6 is 0 Å². The summed E-state index contributed by atoms with van der Waals surface area (Å²) in [6.07, 6.45) is -0.765. The van der Waals surface area contributed by atoms with Crippen molar-refractivity contribution in [3.8, 4) is 0 Å². The number of aliphatic hydroxyl groups is 2. The summed E-state index contributed by atoms with van der Waals surface area (Å²) in [6, 6.07) is 0. The van der Waals surface area contributed by atoms with E-state index in [0.29, 0.717) is 13.2 Å². The van der Waals surface area contributed by atoms with Gasteiger partial charge in [0.15, 0.2) is 0 Å². The molecule has 0 radical (unpaired) electrons. The predicted octanol–water partition coefficient (Wildman–Crippen LogP) is -1.24. The van der Waals surface area contributed by atoms with E-state index in [9.17, 15) is 0 Å². The first-order valence-corrected chi connectivity index (χ1v) is 3.33. The van der Waals surface area contributed by atoms with Crippen LogP contribution in [0.4, 0.5) is 0 Å². The van der Waals surface area contributed by atoms with Crippen molar-refractivity contribution in [3.05, 3.63) is 0 Å². The van der Waals surface area contributed by atoms with Gasteiger partial charge in [0.05, 0.1) is 26.4 Å². The van der Waals surface area contributed by atoms with Crippen LogP contribution in [0.1, 0.15) is 0 Å². The molecule has 0 saturated carbocycles. The molecule has 0 bridgehead atoms. The zero-order chi connectivity index (χ0) is 7.40. The number of hydrogen-bond donors (Lipinski definition) is 2. The zero-order valence-electron chi connectivity index (χ0n) is 5.69. The smallest absolute Gasteiger partial charge is 0.109 e. The highest BCUT2D eigenvalue weighted by atomic mass is 16.6. The van der Waals surface area contributed by atoms with Gasteiger partial charge in [-0.25, -0.2) is 0 Å². The molecule has 1 heterocycles. The quantitative estimate of drug-likeness (QED) is 0.525. The predicted molar refractivity (Wildman–Crippen MR) is 33.7 cm³/mol. The summed E-state index contributed by atoms with van der Waals surface area (Å²) in [7, 11) is 0. The number of ether oxygens (including phenoxy) is 2. The third-order valence-corrected chi connectivity index (χ3v) is 1.42. The summed E-state index contributed by atoms with van der Waals surface area (Å²) in [5.41, 5.74) is 0. The third kappa shape index (κ3) is 1.91. The van der Waals surface area contributed by atoms with Crippen molar-refractivity contribution >= 4 is 0 Å². The van der Waals surface area contributed by atoms with Crippen molar-refractivity contribution in [1.82, 2.24) is 0 Å². The minimum absolute atomic E-state index is 0.0107. The SMILES string of the molecule is OCCOC1COC[C@@H]1O. The van der Waals surface area contributed by atoms with Gasteiger partial charge in [0.2, 0.25) is 0 Å². The highest BCUT2D eigenvalue weighted by Gasteiger charge is 2.26. The number of aliphatic hydroxyl groups excluding tert-OH is 2. The maximum Gasteiger partial charge on any atom is 0.109 e. The van der Waals surface area contributed by atoms with E-state index in [1.165, 1.54) is 0 Å². The van der Waals surface area contributed by atoms with Crippen molar-refractivity contribution in [3.63, 3.8) is 0 Å². The second-order valence-corrected chi connectivity index (χ2v) is 2.24. The summed E-state index contributed by atoms with van der Waals surface area (Å²) in [4.78, 5) is 0.